The van der Waals surface area contributed by atoms with Crippen LogP contribution in [-0.2, 0) is 6.42 Å². The van der Waals surface area contributed by atoms with Gasteiger partial charge in [0, 0.05) is 18.4 Å². The highest BCUT2D eigenvalue weighted by Crippen LogP contribution is 2.26. The Bertz CT molecular complexity index is 441. The zero-order chi connectivity index (χ0) is 11.4. The number of fused-ring (bicyclic) bond motifs is 1. The molecule has 0 amide bonds. The second-order valence-corrected chi connectivity index (χ2v) is 3.90. The molecule has 0 heterocycles. The van der Waals surface area contributed by atoms with E-state index in [1.54, 1.807) is 0 Å². The summed E-state index contributed by atoms with van der Waals surface area (Å²) in [6, 6.07) is 5.69. The van der Waals surface area contributed by atoms with Crippen LogP contribution in [0.1, 0.15) is 35.2 Å². The minimum absolute atomic E-state index is 0.244. The molecule has 2 nitrogen and oxygen atoms in total. The number of benzene rings is 1. The van der Waals surface area contributed by atoms with Gasteiger partial charge < -0.3 is 4.74 Å². The third-order valence-corrected chi connectivity index (χ3v) is 2.73. The summed E-state index contributed by atoms with van der Waals surface area (Å²) in [5, 5.41) is 0. The molecule has 1 aromatic carbocycles. The van der Waals surface area contributed by atoms with Gasteiger partial charge in [-0.25, -0.2) is 0 Å². The van der Waals surface area contributed by atoms with Crippen molar-refractivity contribution in [1.82, 2.24) is 0 Å². The molecule has 1 aliphatic rings. The van der Waals surface area contributed by atoms with Gasteiger partial charge in [0.2, 0.25) is 0 Å². The molecule has 0 fully saturated rings. The number of hydrogen-bond donors (Lipinski definition) is 0. The molecule has 0 spiro atoms. The van der Waals surface area contributed by atoms with E-state index in [9.17, 15) is 4.79 Å². The lowest BCUT2D eigenvalue weighted by Gasteiger charge is -2.06. The van der Waals surface area contributed by atoms with Crippen molar-refractivity contribution in [2.75, 3.05) is 6.61 Å². The van der Waals surface area contributed by atoms with Gasteiger partial charge in [-0.05, 0) is 36.6 Å². The van der Waals surface area contributed by atoms with E-state index >= 15 is 0 Å². The van der Waals surface area contributed by atoms with E-state index in [0.29, 0.717) is 13.0 Å². The molecule has 0 aromatic heterocycles. The number of rotatable bonds is 4. The smallest absolute Gasteiger partial charge is 0.163 e. The van der Waals surface area contributed by atoms with Crippen molar-refractivity contribution in [1.29, 1.82) is 0 Å². The normalized spacial score (nSPS) is 13.3. The molecule has 0 saturated carbocycles. The third-order valence-electron chi connectivity index (χ3n) is 2.73. The van der Waals surface area contributed by atoms with E-state index in [-0.39, 0.29) is 5.78 Å². The summed E-state index contributed by atoms with van der Waals surface area (Å²) in [6.45, 7) is 0.636. The highest BCUT2D eigenvalue weighted by Gasteiger charge is 2.19. The molecule has 0 atom stereocenters. The summed E-state index contributed by atoms with van der Waals surface area (Å²) in [5.74, 6) is 3.66. The monoisotopic (exact) mass is 214 g/mol. The van der Waals surface area contributed by atoms with Gasteiger partial charge >= 0.3 is 0 Å². The summed E-state index contributed by atoms with van der Waals surface area (Å²) in [4.78, 5) is 11.4. The minimum atomic E-state index is 0.244. The Morgan fingerprint density at radius 3 is 3.06 bits per heavy atom. The van der Waals surface area contributed by atoms with Crippen LogP contribution in [0.3, 0.4) is 0 Å². The quantitative estimate of drug-likeness (QED) is 0.569. The molecule has 0 saturated heterocycles. The number of ether oxygens (including phenoxy) is 1. The number of carbonyl (C=O) groups is 1. The fourth-order valence-corrected chi connectivity index (χ4v) is 1.89. The van der Waals surface area contributed by atoms with Crippen molar-refractivity contribution in [3.8, 4) is 18.1 Å². The van der Waals surface area contributed by atoms with Crippen molar-refractivity contribution < 1.29 is 9.53 Å². The van der Waals surface area contributed by atoms with Crippen molar-refractivity contribution in [3.63, 3.8) is 0 Å². The molecule has 0 radical (unpaired) electrons. The van der Waals surface area contributed by atoms with Crippen LogP contribution < -0.4 is 4.74 Å². The van der Waals surface area contributed by atoms with E-state index in [1.807, 2.05) is 18.2 Å². The van der Waals surface area contributed by atoms with E-state index in [2.05, 4.69) is 5.92 Å². The van der Waals surface area contributed by atoms with Crippen LogP contribution in [0.25, 0.3) is 0 Å². The Hall–Kier alpha value is -1.75. The minimum Gasteiger partial charge on any atom is -0.494 e. The maximum absolute atomic E-state index is 11.4. The van der Waals surface area contributed by atoms with Crippen molar-refractivity contribution in [2.24, 2.45) is 0 Å². The number of terminal acetylenes is 1. The zero-order valence-corrected chi connectivity index (χ0v) is 9.16. The molecule has 2 rings (SSSR count). The molecule has 1 aliphatic carbocycles. The van der Waals surface area contributed by atoms with Crippen LogP contribution in [-0.4, -0.2) is 12.4 Å². The molecule has 0 bridgehead atoms. The number of carbonyl (C=O) groups excluding carboxylic acids is 1. The lowest BCUT2D eigenvalue weighted by Crippen LogP contribution is -1.98. The Morgan fingerprint density at radius 1 is 1.38 bits per heavy atom. The number of ketones is 1. The van der Waals surface area contributed by atoms with E-state index in [4.69, 9.17) is 11.2 Å². The first kappa shape index (κ1) is 10.8. The molecule has 82 valence electrons. The van der Waals surface area contributed by atoms with Crippen LogP contribution >= 0.6 is 0 Å². The molecule has 0 aliphatic heterocycles. The Labute approximate surface area is 95.6 Å². The van der Waals surface area contributed by atoms with Gasteiger partial charge in [0.15, 0.2) is 5.78 Å². The maximum Gasteiger partial charge on any atom is 0.163 e. The predicted molar refractivity (Wildman–Crippen MR) is 62.7 cm³/mol. The molecule has 1 aromatic rings. The fourth-order valence-electron chi connectivity index (χ4n) is 1.89. The van der Waals surface area contributed by atoms with E-state index in [0.717, 1.165) is 36.1 Å². The third kappa shape index (κ3) is 2.25. The SMILES string of the molecule is C#CCCCOc1ccc2c(c1)CCC2=O. The van der Waals surface area contributed by atoms with Gasteiger partial charge in [-0.3, -0.25) is 4.79 Å². The number of hydrogen-bond acceptors (Lipinski definition) is 2. The molecule has 2 heteroatoms. The molecule has 0 N–H and O–H groups in total. The van der Waals surface area contributed by atoms with Gasteiger partial charge in [0.05, 0.1) is 6.61 Å². The van der Waals surface area contributed by atoms with Gasteiger partial charge in [-0.2, -0.15) is 0 Å². The summed E-state index contributed by atoms with van der Waals surface area (Å²) < 4.78 is 5.56. The zero-order valence-electron chi connectivity index (χ0n) is 9.16. The molecule has 0 unspecified atom stereocenters. The van der Waals surface area contributed by atoms with Crippen molar-refractivity contribution >= 4 is 5.78 Å². The molecular formula is C14H14O2. The second-order valence-electron chi connectivity index (χ2n) is 3.90. The second kappa shape index (κ2) is 4.85. The number of Topliss-reactive ketones (excluding diaryl/α,β-unsaturated/α-hetero) is 1. The fraction of sp³-hybridized carbons (Fsp3) is 0.357. The largest absolute Gasteiger partial charge is 0.494 e. The first-order valence-electron chi connectivity index (χ1n) is 5.53. The van der Waals surface area contributed by atoms with Gasteiger partial charge in [0.25, 0.3) is 0 Å². The summed E-state index contributed by atoms with van der Waals surface area (Å²) >= 11 is 0. The highest BCUT2D eigenvalue weighted by molar-refractivity contribution is 6.00. The van der Waals surface area contributed by atoms with Crippen LogP contribution in [0.4, 0.5) is 0 Å². The summed E-state index contributed by atoms with van der Waals surface area (Å²) in [6.07, 6.45) is 8.24. The maximum atomic E-state index is 11.4. The average Bonchev–Trinajstić information content (AvgIpc) is 2.66. The first-order valence-corrected chi connectivity index (χ1v) is 5.53. The van der Waals surface area contributed by atoms with Crippen LogP contribution in [0.2, 0.25) is 0 Å². The standard InChI is InChI=1S/C14H14O2/c1-2-3-4-9-16-12-6-7-13-11(10-12)5-8-14(13)15/h1,6-7,10H,3-5,8-9H2. The molecular weight excluding hydrogens is 200 g/mol. The van der Waals surface area contributed by atoms with E-state index in [1.165, 1.54) is 0 Å². The predicted octanol–water partition coefficient (Wildman–Crippen LogP) is 2.61. The summed E-state index contributed by atoms with van der Waals surface area (Å²) in [5.41, 5.74) is 1.97. The highest BCUT2D eigenvalue weighted by atomic mass is 16.5. The van der Waals surface area contributed by atoms with Gasteiger partial charge in [-0.15, -0.1) is 12.3 Å². The van der Waals surface area contributed by atoms with Crippen LogP contribution in [0.5, 0.6) is 5.75 Å². The number of unbranched alkanes of at least 4 members (excludes halogenated alkanes) is 1. The topological polar surface area (TPSA) is 26.3 Å². The van der Waals surface area contributed by atoms with Crippen LogP contribution in [0.15, 0.2) is 18.2 Å². The lowest BCUT2D eigenvalue weighted by atomic mass is 10.1. The van der Waals surface area contributed by atoms with Crippen molar-refractivity contribution in [2.45, 2.75) is 25.7 Å². The van der Waals surface area contributed by atoms with Crippen molar-refractivity contribution in [3.05, 3.63) is 29.3 Å². The van der Waals surface area contributed by atoms with Gasteiger partial charge in [0.1, 0.15) is 5.75 Å². The molecule has 16 heavy (non-hydrogen) atoms. The van der Waals surface area contributed by atoms with Gasteiger partial charge in [-0.1, -0.05) is 0 Å². The Balaban J connectivity index is 1.97. The Kier molecular flexibility index (Phi) is 3.26. The lowest BCUT2D eigenvalue weighted by molar-refractivity contribution is 0.0994. The summed E-state index contributed by atoms with van der Waals surface area (Å²) in [7, 11) is 0. The first-order chi connectivity index (χ1) is 7.81. The Morgan fingerprint density at radius 2 is 2.25 bits per heavy atom. The van der Waals surface area contributed by atoms with E-state index < -0.39 is 0 Å². The number of aryl methyl sites for hydroxylation is 1. The average molecular weight is 214 g/mol. The van der Waals surface area contributed by atoms with Crippen LogP contribution in [0, 0.1) is 12.3 Å².